The molecule has 0 amide bonds. The van der Waals surface area contributed by atoms with Crippen LogP contribution in [0.25, 0.3) is 0 Å². The molecule has 2 rings (SSSR count). The third kappa shape index (κ3) is 0.731. The number of hydrogen-bond acceptors (Lipinski definition) is 1. The molecule has 1 saturated carbocycles. The van der Waals surface area contributed by atoms with Crippen molar-refractivity contribution in [2.75, 3.05) is 6.61 Å². The van der Waals surface area contributed by atoms with E-state index in [4.69, 9.17) is 4.74 Å². The minimum Gasteiger partial charge on any atom is -0.374 e. The van der Waals surface area contributed by atoms with Gasteiger partial charge >= 0.3 is 0 Å². The number of fused-ring (bicyclic) bond motifs is 2. The van der Waals surface area contributed by atoms with Gasteiger partial charge < -0.3 is 4.74 Å². The average molecular weight is 140 g/mol. The highest BCUT2D eigenvalue weighted by Gasteiger charge is 2.47. The number of ether oxygens (including phenoxy) is 1. The van der Waals surface area contributed by atoms with Crippen LogP contribution in [-0.2, 0) is 4.74 Å². The molecule has 0 N–H and O–H groups in total. The summed E-state index contributed by atoms with van der Waals surface area (Å²) in [6, 6.07) is 0. The van der Waals surface area contributed by atoms with Gasteiger partial charge in [-0.15, -0.1) is 0 Å². The maximum Gasteiger partial charge on any atom is 0.0709 e. The topological polar surface area (TPSA) is 9.23 Å². The summed E-state index contributed by atoms with van der Waals surface area (Å²) in [6.45, 7) is 5.61. The highest BCUT2D eigenvalue weighted by Crippen LogP contribution is 2.48. The third-order valence-electron chi connectivity index (χ3n) is 3.27. The van der Waals surface area contributed by atoms with Gasteiger partial charge in [0.2, 0.25) is 0 Å². The van der Waals surface area contributed by atoms with Crippen molar-refractivity contribution in [3.63, 3.8) is 0 Å². The van der Waals surface area contributed by atoms with Gasteiger partial charge in [0.05, 0.1) is 12.2 Å². The van der Waals surface area contributed by atoms with Gasteiger partial charge in [-0.25, -0.2) is 0 Å². The highest BCUT2D eigenvalue weighted by atomic mass is 16.5. The first kappa shape index (κ1) is 6.66. The van der Waals surface area contributed by atoms with Crippen molar-refractivity contribution in [2.45, 2.75) is 38.7 Å². The Labute approximate surface area is 62.8 Å². The summed E-state index contributed by atoms with van der Waals surface area (Å²) in [7, 11) is 0. The Morgan fingerprint density at radius 2 is 2.30 bits per heavy atom. The van der Waals surface area contributed by atoms with Crippen LogP contribution in [0.15, 0.2) is 0 Å². The first-order valence-electron chi connectivity index (χ1n) is 4.37. The van der Waals surface area contributed by atoms with Crippen molar-refractivity contribution in [1.82, 2.24) is 0 Å². The molecule has 2 atom stereocenters. The SMILES string of the molecule is CC(C)C12CCC(CO1)C2. The van der Waals surface area contributed by atoms with E-state index in [1.165, 1.54) is 19.3 Å². The fourth-order valence-corrected chi connectivity index (χ4v) is 2.39. The molecule has 0 aromatic carbocycles. The van der Waals surface area contributed by atoms with Crippen molar-refractivity contribution in [2.24, 2.45) is 11.8 Å². The monoisotopic (exact) mass is 140 g/mol. The molecule has 58 valence electrons. The Kier molecular flexibility index (Phi) is 1.31. The second-order valence-corrected chi connectivity index (χ2v) is 4.14. The first-order valence-corrected chi connectivity index (χ1v) is 4.37. The van der Waals surface area contributed by atoms with E-state index < -0.39 is 0 Å². The second-order valence-electron chi connectivity index (χ2n) is 4.14. The summed E-state index contributed by atoms with van der Waals surface area (Å²) in [4.78, 5) is 0. The van der Waals surface area contributed by atoms with Crippen molar-refractivity contribution in [1.29, 1.82) is 0 Å². The Bertz CT molecular complexity index is 132. The maximum absolute atomic E-state index is 5.80. The van der Waals surface area contributed by atoms with Gasteiger partial charge in [-0.2, -0.15) is 0 Å². The molecule has 1 heterocycles. The normalized spacial score (nSPS) is 45.3. The molecular formula is C9H16O. The molecule has 1 saturated heterocycles. The smallest absolute Gasteiger partial charge is 0.0709 e. The Balaban J connectivity index is 2.15. The van der Waals surface area contributed by atoms with Crippen molar-refractivity contribution in [3.8, 4) is 0 Å². The minimum absolute atomic E-state index is 0.310. The van der Waals surface area contributed by atoms with Crippen LogP contribution in [0.2, 0.25) is 0 Å². The zero-order chi connectivity index (χ0) is 7.19. The summed E-state index contributed by atoms with van der Waals surface area (Å²) in [5.41, 5.74) is 0.310. The predicted molar refractivity (Wildman–Crippen MR) is 40.9 cm³/mol. The van der Waals surface area contributed by atoms with Crippen LogP contribution < -0.4 is 0 Å². The van der Waals surface area contributed by atoms with E-state index in [0.717, 1.165) is 18.4 Å². The quantitative estimate of drug-likeness (QED) is 0.542. The van der Waals surface area contributed by atoms with Crippen LogP contribution in [0, 0.1) is 11.8 Å². The molecule has 2 aliphatic rings. The van der Waals surface area contributed by atoms with E-state index in [9.17, 15) is 0 Å². The lowest BCUT2D eigenvalue weighted by Crippen LogP contribution is -2.32. The first-order chi connectivity index (χ1) is 4.73. The van der Waals surface area contributed by atoms with Crippen molar-refractivity contribution in [3.05, 3.63) is 0 Å². The third-order valence-corrected chi connectivity index (χ3v) is 3.27. The molecule has 0 aromatic heterocycles. The zero-order valence-electron chi connectivity index (χ0n) is 6.89. The second kappa shape index (κ2) is 1.97. The Morgan fingerprint density at radius 3 is 2.50 bits per heavy atom. The lowest BCUT2D eigenvalue weighted by atomic mass is 9.89. The molecular weight excluding hydrogens is 124 g/mol. The molecule has 2 unspecified atom stereocenters. The fourth-order valence-electron chi connectivity index (χ4n) is 2.39. The van der Waals surface area contributed by atoms with Crippen LogP contribution in [0.3, 0.4) is 0 Å². The molecule has 1 heteroatoms. The van der Waals surface area contributed by atoms with Gasteiger partial charge in [0.25, 0.3) is 0 Å². The largest absolute Gasteiger partial charge is 0.374 e. The average Bonchev–Trinajstić information content (AvgIpc) is 2.45. The van der Waals surface area contributed by atoms with E-state index in [1.807, 2.05) is 0 Å². The van der Waals surface area contributed by atoms with Crippen LogP contribution in [0.5, 0.6) is 0 Å². The molecule has 0 aromatic rings. The maximum atomic E-state index is 5.80. The molecule has 2 bridgehead atoms. The zero-order valence-corrected chi connectivity index (χ0v) is 6.89. The molecule has 2 fully saturated rings. The number of hydrogen-bond donors (Lipinski definition) is 0. The highest BCUT2D eigenvalue weighted by molar-refractivity contribution is 4.97. The fraction of sp³-hybridized carbons (Fsp3) is 1.00. The van der Waals surface area contributed by atoms with Crippen LogP contribution in [0.1, 0.15) is 33.1 Å². The standard InChI is InChI=1S/C9H16O/c1-7(2)9-4-3-8(5-9)6-10-9/h7-8H,3-6H2,1-2H3. The van der Waals surface area contributed by atoms with E-state index in [2.05, 4.69) is 13.8 Å². The molecule has 1 aliphatic heterocycles. The molecule has 1 nitrogen and oxygen atoms in total. The van der Waals surface area contributed by atoms with Gasteiger partial charge in [-0.3, -0.25) is 0 Å². The number of rotatable bonds is 1. The minimum atomic E-state index is 0.310. The van der Waals surface area contributed by atoms with E-state index >= 15 is 0 Å². The van der Waals surface area contributed by atoms with Crippen LogP contribution >= 0.6 is 0 Å². The molecule has 10 heavy (non-hydrogen) atoms. The van der Waals surface area contributed by atoms with Crippen molar-refractivity contribution < 1.29 is 4.74 Å². The van der Waals surface area contributed by atoms with Gasteiger partial charge in [0.1, 0.15) is 0 Å². The van der Waals surface area contributed by atoms with Gasteiger partial charge in [-0.05, 0) is 31.1 Å². The van der Waals surface area contributed by atoms with E-state index in [0.29, 0.717) is 5.60 Å². The summed E-state index contributed by atoms with van der Waals surface area (Å²) in [5, 5.41) is 0. The summed E-state index contributed by atoms with van der Waals surface area (Å²) < 4.78 is 5.80. The summed E-state index contributed by atoms with van der Waals surface area (Å²) in [6.07, 6.45) is 4.07. The van der Waals surface area contributed by atoms with E-state index in [1.54, 1.807) is 0 Å². The van der Waals surface area contributed by atoms with Gasteiger partial charge in [-0.1, -0.05) is 13.8 Å². The van der Waals surface area contributed by atoms with Gasteiger partial charge in [0.15, 0.2) is 0 Å². The lowest BCUT2D eigenvalue weighted by molar-refractivity contribution is -0.0494. The van der Waals surface area contributed by atoms with Gasteiger partial charge in [0, 0.05) is 0 Å². The van der Waals surface area contributed by atoms with Crippen molar-refractivity contribution >= 4 is 0 Å². The predicted octanol–water partition coefficient (Wildman–Crippen LogP) is 2.21. The molecule has 0 spiro atoms. The van der Waals surface area contributed by atoms with Crippen LogP contribution in [0.4, 0.5) is 0 Å². The Morgan fingerprint density at radius 1 is 1.50 bits per heavy atom. The molecule has 1 aliphatic carbocycles. The Hall–Kier alpha value is -0.0400. The van der Waals surface area contributed by atoms with Crippen LogP contribution in [-0.4, -0.2) is 12.2 Å². The summed E-state index contributed by atoms with van der Waals surface area (Å²) >= 11 is 0. The molecule has 0 radical (unpaired) electrons. The van der Waals surface area contributed by atoms with E-state index in [-0.39, 0.29) is 0 Å². The lowest BCUT2D eigenvalue weighted by Gasteiger charge is -2.30. The summed E-state index contributed by atoms with van der Waals surface area (Å²) in [5.74, 6) is 1.63.